The number of thioether (sulfide) groups is 1. The molecule has 1 amide bonds. The first-order chi connectivity index (χ1) is 8.82. The maximum atomic E-state index is 12.3. The van der Waals surface area contributed by atoms with Gasteiger partial charge in [0.1, 0.15) is 0 Å². The zero-order chi connectivity index (χ0) is 14.6. The second-order valence-electron chi connectivity index (χ2n) is 5.19. The minimum Gasteiger partial charge on any atom is -0.337 e. The van der Waals surface area contributed by atoms with Gasteiger partial charge in [-0.15, -0.1) is 11.8 Å². The molecule has 0 aromatic heterocycles. The molecule has 0 saturated carbocycles. The lowest BCUT2D eigenvalue weighted by atomic mass is 10.2. The van der Waals surface area contributed by atoms with Crippen molar-refractivity contribution in [3.8, 4) is 0 Å². The molecule has 0 bridgehead atoms. The minimum atomic E-state index is 0.206. The topological polar surface area (TPSA) is 20.3 Å². The normalized spacial score (nSPS) is 11.2. The van der Waals surface area contributed by atoms with E-state index < -0.39 is 0 Å². The molecule has 0 spiro atoms. The van der Waals surface area contributed by atoms with Crippen molar-refractivity contribution in [3.63, 3.8) is 0 Å². The van der Waals surface area contributed by atoms with E-state index in [9.17, 15) is 4.79 Å². The third-order valence-corrected chi connectivity index (χ3v) is 4.54. The summed E-state index contributed by atoms with van der Waals surface area (Å²) in [5, 5.41) is 0. The molecule has 1 rings (SSSR count). The summed E-state index contributed by atoms with van der Waals surface area (Å²) in [4.78, 5) is 15.4. The number of carbonyl (C=O) groups excluding carboxylic acids is 1. The summed E-state index contributed by atoms with van der Waals surface area (Å²) in [7, 11) is 0. The van der Waals surface area contributed by atoms with Crippen LogP contribution in [0.15, 0.2) is 27.6 Å². The summed E-state index contributed by atoms with van der Waals surface area (Å²) in [6.45, 7) is 10.3. The Morgan fingerprint density at radius 2 is 1.84 bits per heavy atom. The van der Waals surface area contributed by atoms with Gasteiger partial charge in [0.05, 0.1) is 5.75 Å². The Balaban J connectivity index is 2.67. The van der Waals surface area contributed by atoms with E-state index in [1.807, 2.05) is 11.0 Å². The van der Waals surface area contributed by atoms with Gasteiger partial charge in [-0.3, -0.25) is 4.79 Å². The fraction of sp³-hybridized carbons (Fsp3) is 0.533. The van der Waals surface area contributed by atoms with Gasteiger partial charge >= 0.3 is 0 Å². The predicted octanol–water partition coefficient (Wildman–Crippen LogP) is 4.50. The molecule has 0 atom stereocenters. The van der Waals surface area contributed by atoms with Crippen LogP contribution in [0.3, 0.4) is 0 Å². The monoisotopic (exact) mass is 343 g/mol. The molecule has 0 fully saturated rings. The highest BCUT2D eigenvalue weighted by Gasteiger charge is 2.20. The second kappa shape index (κ2) is 7.34. The summed E-state index contributed by atoms with van der Waals surface area (Å²) in [6.07, 6.45) is 0. The predicted molar refractivity (Wildman–Crippen MR) is 86.7 cm³/mol. The number of rotatable bonds is 5. The summed E-state index contributed by atoms with van der Waals surface area (Å²) < 4.78 is 1.08. The van der Waals surface area contributed by atoms with Gasteiger partial charge in [0, 0.05) is 21.5 Å². The SMILES string of the molecule is Cc1cc(Br)ccc1SCC(=O)N(C(C)C)C(C)C. The van der Waals surface area contributed by atoms with E-state index in [0.29, 0.717) is 5.75 Å². The van der Waals surface area contributed by atoms with Gasteiger partial charge in [-0.1, -0.05) is 15.9 Å². The van der Waals surface area contributed by atoms with Gasteiger partial charge in [-0.05, 0) is 58.4 Å². The number of amides is 1. The van der Waals surface area contributed by atoms with Gasteiger partial charge in [0.15, 0.2) is 0 Å². The average Bonchev–Trinajstić information content (AvgIpc) is 2.26. The molecule has 1 aromatic carbocycles. The molecule has 0 N–H and O–H groups in total. The Labute approximate surface area is 129 Å². The summed E-state index contributed by atoms with van der Waals surface area (Å²) >= 11 is 5.07. The van der Waals surface area contributed by atoms with Crippen molar-refractivity contribution in [2.45, 2.75) is 51.6 Å². The van der Waals surface area contributed by atoms with Gasteiger partial charge in [0.25, 0.3) is 0 Å². The molecule has 0 radical (unpaired) electrons. The van der Waals surface area contributed by atoms with Crippen LogP contribution in [0.4, 0.5) is 0 Å². The van der Waals surface area contributed by atoms with Crippen LogP contribution in [-0.4, -0.2) is 28.6 Å². The van der Waals surface area contributed by atoms with E-state index in [1.54, 1.807) is 11.8 Å². The van der Waals surface area contributed by atoms with E-state index in [1.165, 1.54) is 10.5 Å². The van der Waals surface area contributed by atoms with Gasteiger partial charge in [-0.2, -0.15) is 0 Å². The fourth-order valence-electron chi connectivity index (χ4n) is 2.16. The Morgan fingerprint density at radius 1 is 1.26 bits per heavy atom. The first kappa shape index (κ1) is 16.6. The lowest BCUT2D eigenvalue weighted by Gasteiger charge is -2.30. The number of benzene rings is 1. The quantitative estimate of drug-likeness (QED) is 0.733. The Kier molecular flexibility index (Phi) is 6.40. The highest BCUT2D eigenvalue weighted by Crippen LogP contribution is 2.26. The molecule has 0 unspecified atom stereocenters. The first-order valence-corrected chi connectivity index (χ1v) is 8.31. The van der Waals surface area contributed by atoms with Crippen LogP contribution in [-0.2, 0) is 4.79 Å². The van der Waals surface area contributed by atoms with Crippen LogP contribution in [0.2, 0.25) is 0 Å². The molecular weight excluding hydrogens is 322 g/mol. The van der Waals surface area contributed by atoms with E-state index in [4.69, 9.17) is 0 Å². The summed E-state index contributed by atoms with van der Waals surface area (Å²) in [6, 6.07) is 6.66. The van der Waals surface area contributed by atoms with Crippen LogP contribution >= 0.6 is 27.7 Å². The number of nitrogens with zero attached hydrogens (tertiary/aromatic N) is 1. The minimum absolute atomic E-state index is 0.206. The lowest BCUT2D eigenvalue weighted by Crippen LogP contribution is -2.43. The van der Waals surface area contributed by atoms with Gasteiger partial charge in [-0.25, -0.2) is 0 Å². The number of halogens is 1. The van der Waals surface area contributed by atoms with Crippen molar-refractivity contribution in [2.75, 3.05) is 5.75 Å². The van der Waals surface area contributed by atoms with Crippen LogP contribution < -0.4 is 0 Å². The fourth-order valence-corrected chi connectivity index (χ4v) is 3.52. The van der Waals surface area contributed by atoms with Crippen molar-refractivity contribution in [3.05, 3.63) is 28.2 Å². The third-order valence-electron chi connectivity index (χ3n) is 2.89. The van der Waals surface area contributed by atoms with Crippen molar-refractivity contribution >= 4 is 33.6 Å². The van der Waals surface area contributed by atoms with Crippen LogP contribution in [0.5, 0.6) is 0 Å². The molecule has 0 aliphatic carbocycles. The highest BCUT2D eigenvalue weighted by molar-refractivity contribution is 9.10. The van der Waals surface area contributed by atoms with Crippen molar-refractivity contribution in [1.29, 1.82) is 0 Å². The molecule has 0 aliphatic rings. The highest BCUT2D eigenvalue weighted by atomic mass is 79.9. The first-order valence-electron chi connectivity index (χ1n) is 6.53. The van der Waals surface area contributed by atoms with E-state index >= 15 is 0 Å². The van der Waals surface area contributed by atoms with E-state index in [0.717, 1.165) is 4.47 Å². The van der Waals surface area contributed by atoms with Crippen molar-refractivity contribution < 1.29 is 4.79 Å². The maximum absolute atomic E-state index is 12.3. The molecular formula is C15H22BrNOS. The molecule has 4 heteroatoms. The van der Waals surface area contributed by atoms with E-state index in [-0.39, 0.29) is 18.0 Å². The standard InChI is InChI=1S/C15H22BrNOS/c1-10(2)17(11(3)4)15(18)9-19-14-7-6-13(16)8-12(14)5/h6-8,10-11H,9H2,1-5H3. The summed E-state index contributed by atoms with van der Waals surface area (Å²) in [5.74, 6) is 0.705. The Hall–Kier alpha value is -0.480. The molecule has 1 aromatic rings. The average molecular weight is 344 g/mol. The molecule has 2 nitrogen and oxygen atoms in total. The van der Waals surface area contributed by atoms with E-state index in [2.05, 4.69) is 62.7 Å². The maximum Gasteiger partial charge on any atom is 0.233 e. The third kappa shape index (κ3) is 4.84. The zero-order valence-corrected chi connectivity index (χ0v) is 14.6. The Bertz CT molecular complexity index is 438. The lowest BCUT2D eigenvalue weighted by molar-refractivity contribution is -0.131. The molecule has 0 heterocycles. The van der Waals surface area contributed by atoms with Crippen LogP contribution in [0.25, 0.3) is 0 Å². The number of aryl methyl sites for hydroxylation is 1. The van der Waals surface area contributed by atoms with Crippen LogP contribution in [0.1, 0.15) is 33.3 Å². The molecule has 19 heavy (non-hydrogen) atoms. The number of carbonyl (C=O) groups is 1. The molecule has 0 saturated heterocycles. The molecule has 0 aliphatic heterocycles. The van der Waals surface area contributed by atoms with Crippen molar-refractivity contribution in [1.82, 2.24) is 4.90 Å². The largest absolute Gasteiger partial charge is 0.337 e. The van der Waals surface area contributed by atoms with Gasteiger partial charge in [0.2, 0.25) is 5.91 Å². The summed E-state index contributed by atoms with van der Waals surface area (Å²) in [5.41, 5.74) is 1.20. The smallest absolute Gasteiger partial charge is 0.233 e. The van der Waals surface area contributed by atoms with Crippen molar-refractivity contribution in [2.24, 2.45) is 0 Å². The Morgan fingerprint density at radius 3 is 2.32 bits per heavy atom. The van der Waals surface area contributed by atoms with Gasteiger partial charge < -0.3 is 4.90 Å². The number of hydrogen-bond acceptors (Lipinski definition) is 2. The number of hydrogen-bond donors (Lipinski definition) is 0. The van der Waals surface area contributed by atoms with Crippen LogP contribution in [0, 0.1) is 6.92 Å². The zero-order valence-electron chi connectivity index (χ0n) is 12.2. The molecule has 106 valence electrons. The second-order valence-corrected chi connectivity index (χ2v) is 7.12.